The lowest BCUT2D eigenvalue weighted by molar-refractivity contribution is 0.0702. The van der Waals surface area contributed by atoms with Gasteiger partial charge in [-0.2, -0.15) is 0 Å². The van der Waals surface area contributed by atoms with E-state index in [0.29, 0.717) is 36.3 Å². The molecule has 142 valence electrons. The number of piperidine rings is 1. The van der Waals surface area contributed by atoms with Crippen molar-refractivity contribution in [3.05, 3.63) is 23.8 Å². The number of hydrogen-bond donors (Lipinski definition) is 1. The van der Waals surface area contributed by atoms with Gasteiger partial charge in [-0.05, 0) is 57.5 Å². The second-order valence-corrected chi connectivity index (χ2v) is 6.19. The third kappa shape index (κ3) is 6.08. The highest BCUT2D eigenvalue weighted by atomic mass is 35.5. The maximum atomic E-state index is 12.8. The van der Waals surface area contributed by atoms with E-state index in [2.05, 4.69) is 12.2 Å². The fourth-order valence-corrected chi connectivity index (χ4v) is 2.92. The number of nitrogens with zero attached hydrogens (tertiary/aromatic N) is 1. The van der Waals surface area contributed by atoms with Gasteiger partial charge in [0, 0.05) is 18.7 Å². The summed E-state index contributed by atoms with van der Waals surface area (Å²) >= 11 is 0. The average molecular weight is 371 g/mol. The molecular formula is C19H31ClN2O3. The largest absolute Gasteiger partial charge is 0.490 e. The fraction of sp³-hybridized carbons (Fsp3) is 0.632. The van der Waals surface area contributed by atoms with E-state index in [-0.39, 0.29) is 18.3 Å². The molecule has 0 unspecified atom stereocenters. The van der Waals surface area contributed by atoms with Gasteiger partial charge in [-0.25, -0.2) is 0 Å². The van der Waals surface area contributed by atoms with Gasteiger partial charge in [-0.1, -0.05) is 13.3 Å². The monoisotopic (exact) mass is 370 g/mol. The van der Waals surface area contributed by atoms with Gasteiger partial charge in [0.15, 0.2) is 11.5 Å². The molecule has 0 bridgehead atoms. The van der Waals surface area contributed by atoms with Crippen molar-refractivity contribution in [3.63, 3.8) is 0 Å². The molecule has 0 spiro atoms. The molecule has 1 heterocycles. The van der Waals surface area contributed by atoms with Gasteiger partial charge in [0.2, 0.25) is 0 Å². The lowest BCUT2D eigenvalue weighted by atomic mass is 10.0. The minimum atomic E-state index is 0. The Kier molecular flexibility index (Phi) is 9.68. The van der Waals surface area contributed by atoms with Gasteiger partial charge in [0.05, 0.1) is 13.2 Å². The van der Waals surface area contributed by atoms with E-state index in [4.69, 9.17) is 9.47 Å². The van der Waals surface area contributed by atoms with E-state index in [9.17, 15) is 4.79 Å². The van der Waals surface area contributed by atoms with Crippen LogP contribution in [-0.4, -0.2) is 50.2 Å². The third-order valence-electron chi connectivity index (χ3n) is 4.42. The summed E-state index contributed by atoms with van der Waals surface area (Å²) in [4.78, 5) is 14.6. The Morgan fingerprint density at radius 2 is 1.92 bits per heavy atom. The van der Waals surface area contributed by atoms with Crippen molar-refractivity contribution in [2.24, 2.45) is 0 Å². The topological polar surface area (TPSA) is 50.8 Å². The summed E-state index contributed by atoms with van der Waals surface area (Å²) in [6.45, 7) is 7.22. The van der Waals surface area contributed by atoms with Crippen molar-refractivity contribution in [1.82, 2.24) is 10.2 Å². The SMILES string of the molecule is CCCCOc1ccc(C(=O)N(C)C2CCNCC2)cc1OCC.Cl. The van der Waals surface area contributed by atoms with Gasteiger partial charge < -0.3 is 19.7 Å². The van der Waals surface area contributed by atoms with Crippen LogP contribution >= 0.6 is 12.4 Å². The Morgan fingerprint density at radius 1 is 1.20 bits per heavy atom. The molecule has 2 rings (SSSR count). The molecule has 1 aliphatic heterocycles. The van der Waals surface area contributed by atoms with E-state index < -0.39 is 0 Å². The normalized spacial score (nSPS) is 14.5. The number of unbranched alkanes of at least 4 members (excludes halogenated alkanes) is 1. The van der Waals surface area contributed by atoms with Crippen molar-refractivity contribution in [3.8, 4) is 11.5 Å². The van der Waals surface area contributed by atoms with Crippen LogP contribution in [0.1, 0.15) is 49.9 Å². The van der Waals surface area contributed by atoms with Crippen LogP contribution in [-0.2, 0) is 0 Å². The van der Waals surface area contributed by atoms with Gasteiger partial charge in [0.25, 0.3) is 5.91 Å². The van der Waals surface area contributed by atoms with Crippen molar-refractivity contribution < 1.29 is 14.3 Å². The van der Waals surface area contributed by atoms with Gasteiger partial charge in [0.1, 0.15) is 0 Å². The van der Waals surface area contributed by atoms with Gasteiger partial charge in [-0.3, -0.25) is 4.79 Å². The highest BCUT2D eigenvalue weighted by Gasteiger charge is 2.23. The number of carbonyl (C=O) groups is 1. The Labute approximate surface area is 157 Å². The van der Waals surface area contributed by atoms with Gasteiger partial charge in [-0.15, -0.1) is 12.4 Å². The van der Waals surface area contributed by atoms with Crippen molar-refractivity contribution in [1.29, 1.82) is 0 Å². The van der Waals surface area contributed by atoms with Crippen molar-refractivity contribution in [2.45, 2.75) is 45.6 Å². The molecule has 1 aromatic rings. The van der Waals surface area contributed by atoms with Crippen LogP contribution in [0.15, 0.2) is 18.2 Å². The molecule has 5 nitrogen and oxygen atoms in total. The highest BCUT2D eigenvalue weighted by Crippen LogP contribution is 2.29. The summed E-state index contributed by atoms with van der Waals surface area (Å²) in [7, 11) is 1.89. The van der Waals surface area contributed by atoms with E-state index >= 15 is 0 Å². The molecule has 1 amide bonds. The molecule has 6 heteroatoms. The minimum absolute atomic E-state index is 0. The van der Waals surface area contributed by atoms with Crippen LogP contribution in [0.3, 0.4) is 0 Å². The summed E-state index contributed by atoms with van der Waals surface area (Å²) in [5, 5.41) is 3.33. The summed E-state index contributed by atoms with van der Waals surface area (Å²) in [5.41, 5.74) is 0.655. The zero-order chi connectivity index (χ0) is 17.4. The van der Waals surface area contributed by atoms with Crippen LogP contribution in [0.4, 0.5) is 0 Å². The molecule has 1 saturated heterocycles. The number of hydrogen-bond acceptors (Lipinski definition) is 4. The predicted octanol–water partition coefficient (Wildman–Crippen LogP) is 3.51. The number of rotatable bonds is 8. The quantitative estimate of drug-likeness (QED) is 0.711. The molecule has 0 aliphatic carbocycles. The first-order valence-electron chi connectivity index (χ1n) is 9.04. The highest BCUT2D eigenvalue weighted by molar-refractivity contribution is 5.95. The predicted molar refractivity (Wildman–Crippen MR) is 103 cm³/mol. The summed E-state index contributed by atoms with van der Waals surface area (Å²) in [5.74, 6) is 1.41. The molecule has 0 atom stereocenters. The van der Waals surface area contributed by atoms with Crippen molar-refractivity contribution in [2.75, 3.05) is 33.4 Å². The number of ether oxygens (including phenoxy) is 2. The first-order valence-corrected chi connectivity index (χ1v) is 9.04. The third-order valence-corrected chi connectivity index (χ3v) is 4.42. The molecule has 1 aromatic carbocycles. The number of amides is 1. The maximum Gasteiger partial charge on any atom is 0.253 e. The molecule has 0 radical (unpaired) electrons. The second kappa shape index (κ2) is 11.2. The number of halogens is 1. The van der Waals surface area contributed by atoms with Crippen molar-refractivity contribution >= 4 is 18.3 Å². The molecule has 1 fully saturated rings. The standard InChI is InChI=1S/C19H30N2O3.ClH/c1-4-6-13-24-17-8-7-15(14-18(17)23-5-2)19(22)21(3)16-9-11-20-12-10-16;/h7-8,14,16,20H,4-6,9-13H2,1-3H3;1H. The van der Waals surface area contributed by atoms with E-state index in [1.807, 2.05) is 37.1 Å². The zero-order valence-electron chi connectivity index (χ0n) is 15.5. The minimum Gasteiger partial charge on any atom is -0.490 e. The molecular weight excluding hydrogens is 340 g/mol. The number of carbonyl (C=O) groups excluding carboxylic acids is 1. The molecule has 1 aliphatic rings. The average Bonchev–Trinajstić information content (AvgIpc) is 2.63. The Hall–Kier alpha value is -1.46. The smallest absolute Gasteiger partial charge is 0.253 e. The zero-order valence-corrected chi connectivity index (χ0v) is 16.4. The number of nitrogens with one attached hydrogen (secondary N) is 1. The Balaban J connectivity index is 0.00000312. The fourth-order valence-electron chi connectivity index (χ4n) is 2.92. The first kappa shape index (κ1) is 21.6. The lowest BCUT2D eigenvalue weighted by Crippen LogP contribution is -2.43. The Morgan fingerprint density at radius 3 is 2.56 bits per heavy atom. The van der Waals surface area contributed by atoms with Gasteiger partial charge >= 0.3 is 0 Å². The molecule has 0 aromatic heterocycles. The van der Waals surface area contributed by atoms with E-state index in [1.54, 1.807) is 0 Å². The Bertz CT molecular complexity index is 533. The van der Waals surface area contributed by atoms with Crippen LogP contribution < -0.4 is 14.8 Å². The maximum absolute atomic E-state index is 12.8. The molecule has 0 saturated carbocycles. The van der Waals surface area contributed by atoms with E-state index in [1.165, 1.54) is 0 Å². The summed E-state index contributed by atoms with van der Waals surface area (Å²) in [6.07, 6.45) is 4.09. The molecule has 1 N–H and O–H groups in total. The van der Waals surface area contributed by atoms with Crippen LogP contribution in [0, 0.1) is 0 Å². The summed E-state index contributed by atoms with van der Waals surface area (Å²) < 4.78 is 11.5. The summed E-state index contributed by atoms with van der Waals surface area (Å²) in [6, 6.07) is 5.80. The van der Waals surface area contributed by atoms with Crippen LogP contribution in [0.2, 0.25) is 0 Å². The molecule has 25 heavy (non-hydrogen) atoms. The van der Waals surface area contributed by atoms with Crippen LogP contribution in [0.5, 0.6) is 11.5 Å². The first-order chi connectivity index (χ1) is 11.7. The van der Waals surface area contributed by atoms with Crippen LogP contribution in [0.25, 0.3) is 0 Å². The van der Waals surface area contributed by atoms with E-state index in [0.717, 1.165) is 38.8 Å². The lowest BCUT2D eigenvalue weighted by Gasteiger charge is -2.31. The number of benzene rings is 1. The second-order valence-electron chi connectivity index (χ2n) is 6.19.